The van der Waals surface area contributed by atoms with E-state index in [4.69, 9.17) is 5.11 Å². The molecule has 0 aliphatic carbocycles. The van der Waals surface area contributed by atoms with Gasteiger partial charge < -0.3 is 15.3 Å². The molecule has 148 valence electrons. The van der Waals surface area contributed by atoms with E-state index in [0.717, 1.165) is 11.1 Å². The molecule has 9 heteroatoms. The summed E-state index contributed by atoms with van der Waals surface area (Å²) in [5, 5.41) is 13.6. The fourth-order valence-corrected chi connectivity index (χ4v) is 3.43. The molecule has 1 unspecified atom stereocenters. The monoisotopic (exact) mass is 387 g/mol. The van der Waals surface area contributed by atoms with Crippen molar-refractivity contribution in [3.63, 3.8) is 0 Å². The standard InChI is InChI=1S/C19H21N3O6/c23-15(2-1-3-17(25)26)20-9-11-4-5-13-12(8-11)10-22(19(13)28)14-6-7-16(24)21-18(14)27/h4-5,8,14H,1-3,6-7,9-10H2,(H,20,23)(H,25,26)(H,21,24,27). The van der Waals surface area contributed by atoms with Crippen LogP contribution in [0.25, 0.3) is 0 Å². The maximum absolute atomic E-state index is 12.6. The van der Waals surface area contributed by atoms with Crippen LogP contribution >= 0.6 is 0 Å². The highest BCUT2D eigenvalue weighted by molar-refractivity contribution is 6.05. The molecule has 2 aliphatic rings. The SMILES string of the molecule is O=C(O)CCCC(=O)NCc1ccc2c(c1)CN(C1CCC(=O)NC1=O)C2=O. The van der Waals surface area contributed by atoms with Gasteiger partial charge >= 0.3 is 5.97 Å². The molecule has 1 aromatic carbocycles. The van der Waals surface area contributed by atoms with Crippen molar-refractivity contribution in [2.75, 3.05) is 0 Å². The van der Waals surface area contributed by atoms with Crippen molar-refractivity contribution >= 4 is 29.6 Å². The van der Waals surface area contributed by atoms with Crippen LogP contribution in [0.2, 0.25) is 0 Å². The van der Waals surface area contributed by atoms with E-state index in [2.05, 4.69) is 10.6 Å². The minimum Gasteiger partial charge on any atom is -0.481 e. The number of aliphatic carboxylic acids is 1. The number of carboxylic acids is 1. The number of carbonyl (C=O) groups is 5. The third-order valence-electron chi connectivity index (χ3n) is 4.87. The first-order chi connectivity index (χ1) is 13.3. The molecule has 0 bridgehead atoms. The van der Waals surface area contributed by atoms with Gasteiger partial charge in [-0.2, -0.15) is 0 Å². The van der Waals surface area contributed by atoms with Crippen LogP contribution in [-0.2, 0) is 32.3 Å². The molecule has 28 heavy (non-hydrogen) atoms. The maximum atomic E-state index is 12.6. The highest BCUT2D eigenvalue weighted by Gasteiger charge is 2.38. The summed E-state index contributed by atoms with van der Waals surface area (Å²) >= 11 is 0. The maximum Gasteiger partial charge on any atom is 0.303 e. The fraction of sp³-hybridized carbons (Fsp3) is 0.421. The number of hydrogen-bond acceptors (Lipinski definition) is 5. The first-order valence-electron chi connectivity index (χ1n) is 9.10. The van der Waals surface area contributed by atoms with E-state index in [1.807, 2.05) is 6.07 Å². The first kappa shape index (κ1) is 19.5. The van der Waals surface area contributed by atoms with E-state index in [0.29, 0.717) is 12.0 Å². The number of fused-ring (bicyclic) bond motifs is 1. The van der Waals surface area contributed by atoms with E-state index in [1.165, 1.54) is 4.90 Å². The van der Waals surface area contributed by atoms with Gasteiger partial charge in [0.2, 0.25) is 17.7 Å². The van der Waals surface area contributed by atoms with Crippen molar-refractivity contribution in [3.05, 3.63) is 34.9 Å². The Bertz CT molecular complexity index is 850. The van der Waals surface area contributed by atoms with Crippen molar-refractivity contribution < 1.29 is 29.1 Å². The molecule has 1 aromatic rings. The second-order valence-electron chi connectivity index (χ2n) is 6.92. The summed E-state index contributed by atoms with van der Waals surface area (Å²) in [6.07, 6.45) is 0.879. The number of hydrogen-bond donors (Lipinski definition) is 3. The average molecular weight is 387 g/mol. The van der Waals surface area contributed by atoms with E-state index in [1.54, 1.807) is 12.1 Å². The van der Waals surface area contributed by atoms with E-state index in [-0.39, 0.29) is 56.5 Å². The van der Waals surface area contributed by atoms with Crippen molar-refractivity contribution in [1.29, 1.82) is 0 Å². The van der Waals surface area contributed by atoms with Gasteiger partial charge in [-0.3, -0.25) is 29.3 Å². The number of carboxylic acid groups (broad SMARTS) is 1. The zero-order valence-corrected chi connectivity index (χ0v) is 15.2. The number of rotatable bonds is 7. The van der Waals surface area contributed by atoms with Gasteiger partial charge in [-0.15, -0.1) is 0 Å². The Morgan fingerprint density at radius 3 is 2.71 bits per heavy atom. The summed E-state index contributed by atoms with van der Waals surface area (Å²) in [4.78, 5) is 59.7. The Hall–Kier alpha value is -3.23. The quantitative estimate of drug-likeness (QED) is 0.577. The predicted octanol–water partition coefficient (Wildman–Crippen LogP) is 0.319. The Morgan fingerprint density at radius 2 is 2.00 bits per heavy atom. The molecule has 0 aromatic heterocycles. The number of nitrogens with one attached hydrogen (secondary N) is 2. The van der Waals surface area contributed by atoms with Crippen molar-refractivity contribution in [2.45, 2.75) is 51.2 Å². The van der Waals surface area contributed by atoms with Crippen molar-refractivity contribution in [2.24, 2.45) is 0 Å². The molecule has 0 radical (unpaired) electrons. The van der Waals surface area contributed by atoms with Gasteiger partial charge in [-0.1, -0.05) is 12.1 Å². The summed E-state index contributed by atoms with van der Waals surface area (Å²) in [6.45, 7) is 0.548. The Kier molecular flexibility index (Phi) is 5.72. The molecule has 0 saturated carbocycles. The lowest BCUT2D eigenvalue weighted by atomic mass is 10.0. The molecule has 4 amide bonds. The van der Waals surface area contributed by atoms with Gasteiger partial charge in [0.15, 0.2) is 0 Å². The Labute approximate surface area is 161 Å². The molecule has 3 N–H and O–H groups in total. The lowest BCUT2D eigenvalue weighted by Crippen LogP contribution is -2.52. The van der Waals surface area contributed by atoms with Crippen LogP contribution in [0.5, 0.6) is 0 Å². The second kappa shape index (κ2) is 8.20. The zero-order valence-electron chi connectivity index (χ0n) is 15.2. The predicted molar refractivity (Wildman–Crippen MR) is 95.8 cm³/mol. The zero-order chi connectivity index (χ0) is 20.3. The molecule has 2 heterocycles. The number of nitrogens with zero attached hydrogens (tertiary/aromatic N) is 1. The normalized spacial score (nSPS) is 18.6. The highest BCUT2D eigenvalue weighted by Crippen LogP contribution is 2.28. The van der Waals surface area contributed by atoms with Crippen LogP contribution in [0.15, 0.2) is 18.2 Å². The minimum atomic E-state index is -0.934. The molecule has 1 atom stereocenters. The first-order valence-corrected chi connectivity index (χ1v) is 9.10. The van der Waals surface area contributed by atoms with Gasteiger partial charge in [-0.05, 0) is 30.0 Å². The van der Waals surface area contributed by atoms with E-state index < -0.39 is 17.9 Å². The Balaban J connectivity index is 1.59. The number of carbonyl (C=O) groups excluding carboxylic acids is 4. The topological polar surface area (TPSA) is 133 Å². The van der Waals surface area contributed by atoms with Gasteiger partial charge in [0.05, 0.1) is 0 Å². The number of amides is 4. The van der Waals surface area contributed by atoms with Crippen LogP contribution in [0, 0.1) is 0 Å². The van der Waals surface area contributed by atoms with Gasteiger partial charge in [0.1, 0.15) is 6.04 Å². The van der Waals surface area contributed by atoms with Gasteiger partial charge in [0.25, 0.3) is 5.91 Å². The van der Waals surface area contributed by atoms with Crippen molar-refractivity contribution in [3.8, 4) is 0 Å². The van der Waals surface area contributed by atoms with Gasteiger partial charge in [0, 0.05) is 37.9 Å². The third-order valence-corrected chi connectivity index (χ3v) is 4.87. The summed E-state index contributed by atoms with van der Waals surface area (Å²) in [7, 11) is 0. The number of benzene rings is 1. The molecular weight excluding hydrogens is 366 g/mol. The Morgan fingerprint density at radius 1 is 1.21 bits per heavy atom. The van der Waals surface area contributed by atoms with Gasteiger partial charge in [-0.25, -0.2) is 0 Å². The summed E-state index contributed by atoms with van der Waals surface area (Å²) < 4.78 is 0. The fourth-order valence-electron chi connectivity index (χ4n) is 3.43. The number of piperidine rings is 1. The van der Waals surface area contributed by atoms with Crippen LogP contribution < -0.4 is 10.6 Å². The molecule has 0 spiro atoms. The molecular formula is C19H21N3O6. The van der Waals surface area contributed by atoms with Crippen LogP contribution in [0.1, 0.15) is 53.6 Å². The number of imide groups is 1. The smallest absolute Gasteiger partial charge is 0.303 e. The molecule has 2 aliphatic heterocycles. The van der Waals surface area contributed by atoms with Crippen LogP contribution in [0.4, 0.5) is 0 Å². The summed E-state index contributed by atoms with van der Waals surface area (Å²) in [5.41, 5.74) is 2.09. The second-order valence-corrected chi connectivity index (χ2v) is 6.92. The minimum absolute atomic E-state index is 0.0510. The average Bonchev–Trinajstić information content (AvgIpc) is 2.96. The highest BCUT2D eigenvalue weighted by atomic mass is 16.4. The molecule has 9 nitrogen and oxygen atoms in total. The van der Waals surface area contributed by atoms with E-state index in [9.17, 15) is 24.0 Å². The largest absolute Gasteiger partial charge is 0.481 e. The summed E-state index contributed by atoms with van der Waals surface area (Å²) in [5.74, 6) is -2.19. The summed E-state index contributed by atoms with van der Waals surface area (Å²) in [6, 6.07) is 4.57. The van der Waals surface area contributed by atoms with Crippen molar-refractivity contribution in [1.82, 2.24) is 15.5 Å². The lowest BCUT2D eigenvalue weighted by molar-refractivity contribution is -0.138. The van der Waals surface area contributed by atoms with Crippen LogP contribution in [0.3, 0.4) is 0 Å². The molecule has 1 saturated heterocycles. The van der Waals surface area contributed by atoms with Crippen LogP contribution in [-0.4, -0.2) is 45.6 Å². The third kappa shape index (κ3) is 4.36. The molecule has 3 rings (SSSR count). The van der Waals surface area contributed by atoms with E-state index >= 15 is 0 Å². The molecule has 1 fully saturated rings. The lowest BCUT2D eigenvalue weighted by Gasteiger charge is -2.29.